The van der Waals surface area contributed by atoms with E-state index in [0.29, 0.717) is 0 Å². The fraction of sp³-hybridized carbons (Fsp3) is 0.200. The monoisotopic (exact) mass is 558 g/mol. The Morgan fingerprint density at radius 1 is 0.350 bits per heavy atom. The highest BCUT2D eigenvalue weighted by Gasteiger charge is 2.37. The number of terminal acetylenes is 1. The molecule has 186 valence electrons. The van der Waals surface area contributed by atoms with Crippen molar-refractivity contribution in [3.63, 3.8) is 0 Å². The summed E-state index contributed by atoms with van der Waals surface area (Å²) in [6.07, 6.45) is 4.94. The molecule has 0 amide bonds. The van der Waals surface area contributed by atoms with Crippen LogP contribution in [0, 0.1) is 166 Å². The molecule has 0 rings (SSSR count). The van der Waals surface area contributed by atoms with Crippen molar-refractivity contribution in [2.75, 3.05) is 0 Å². The fourth-order valence-electron chi connectivity index (χ4n) is 2.33. The summed E-state index contributed by atoms with van der Waals surface area (Å²) in [5, 5.41) is 0. The molecule has 0 spiro atoms. The van der Waals surface area contributed by atoms with Crippen LogP contribution in [0.3, 0.4) is 0 Å². The minimum absolute atomic E-state index is 1.67. The van der Waals surface area contributed by atoms with Crippen LogP contribution in [-0.2, 0) is 8.23 Å². The molecule has 0 aromatic rings. The predicted molar refractivity (Wildman–Crippen MR) is 170 cm³/mol. The lowest BCUT2D eigenvalue weighted by Crippen LogP contribution is -2.51. The summed E-state index contributed by atoms with van der Waals surface area (Å²) in [7, 11) is -6.11. The van der Waals surface area contributed by atoms with Gasteiger partial charge in [0.15, 0.2) is 8.32 Å². The van der Waals surface area contributed by atoms with Crippen LogP contribution in [0.1, 0.15) is 0 Å². The van der Waals surface area contributed by atoms with E-state index < -0.39 is 25.2 Å². The second-order valence-corrected chi connectivity index (χ2v) is 20.5. The molecule has 0 heterocycles. The molecular weight excluding hydrogens is 537 g/mol. The highest BCUT2D eigenvalue weighted by molar-refractivity contribution is 6.90. The Balaban J connectivity index is 4.70. The van der Waals surface area contributed by atoms with Crippen molar-refractivity contribution in [3.8, 4) is 166 Å². The van der Waals surface area contributed by atoms with Crippen molar-refractivity contribution in [2.45, 2.75) is 45.8 Å². The molecule has 0 atom stereocenters. The third kappa shape index (κ3) is 25.5. The Kier molecular flexibility index (Phi) is 17.6. The Morgan fingerprint density at radius 3 is 0.850 bits per heavy atom. The van der Waals surface area contributed by atoms with Crippen molar-refractivity contribution >= 4 is 25.2 Å². The van der Waals surface area contributed by atoms with Gasteiger partial charge in [-0.05, 0) is 141 Å². The molecule has 40 heavy (non-hydrogen) atoms. The van der Waals surface area contributed by atoms with Gasteiger partial charge < -0.3 is 8.23 Å². The van der Waals surface area contributed by atoms with E-state index in [2.05, 4.69) is 192 Å². The van der Waals surface area contributed by atoms with Gasteiger partial charge in [-0.1, -0.05) is 5.54 Å². The van der Waals surface area contributed by atoms with Gasteiger partial charge in [-0.3, -0.25) is 0 Å². The first-order valence-corrected chi connectivity index (χ1v) is 20.5. The lowest BCUT2D eigenvalue weighted by molar-refractivity contribution is 0.399. The predicted octanol–water partition coefficient (Wildman–Crippen LogP) is 2.98. The Bertz CT molecular complexity index is 1860. The first-order valence-electron chi connectivity index (χ1n) is 11.4. The van der Waals surface area contributed by atoms with Gasteiger partial charge in [0.1, 0.15) is 0 Å². The molecule has 0 aromatic carbocycles. The van der Waals surface area contributed by atoms with Crippen molar-refractivity contribution in [2.24, 2.45) is 0 Å². The normalized spacial score (nSPS) is 7.45. The molecule has 0 aliphatic carbocycles. The van der Waals surface area contributed by atoms with Crippen LogP contribution in [0.4, 0.5) is 0 Å². The van der Waals surface area contributed by atoms with Gasteiger partial charge in [0.2, 0.25) is 0 Å². The Hall–Kier alpha value is -5.59. The van der Waals surface area contributed by atoms with Gasteiger partial charge in [-0.15, -0.1) is 6.42 Å². The van der Waals surface area contributed by atoms with Gasteiger partial charge in [0.25, 0.3) is 8.32 Å². The highest BCUT2D eigenvalue weighted by Crippen LogP contribution is 2.19. The maximum atomic E-state index is 6.29. The topological polar surface area (TPSA) is 18.5 Å². The van der Waals surface area contributed by atoms with Gasteiger partial charge in [-0.2, -0.15) is 0 Å². The van der Waals surface area contributed by atoms with Crippen molar-refractivity contribution in [1.82, 2.24) is 0 Å². The van der Waals surface area contributed by atoms with Gasteiger partial charge in [0, 0.05) is 59.2 Å². The minimum atomic E-state index is -2.23. The molecule has 0 saturated carbocycles. The zero-order valence-electron chi connectivity index (χ0n) is 23.4. The van der Waals surface area contributed by atoms with Gasteiger partial charge >= 0.3 is 8.56 Å². The van der Waals surface area contributed by atoms with Crippen LogP contribution in [0.2, 0.25) is 45.8 Å². The first kappa shape index (κ1) is 34.4. The summed E-state index contributed by atoms with van der Waals surface area (Å²) in [5.41, 5.74) is 3.14. The SMILES string of the molecule is C#CC#CC#CC#CC#CC#CC#CC#CC#CC#CC#CC#CC#CC#C[Si](C)(C)O[Si](C)(C)O[Si](C)(C)C. The third-order valence-electron chi connectivity index (χ3n) is 2.99. The maximum Gasteiger partial charge on any atom is 0.311 e. The van der Waals surface area contributed by atoms with Crippen LogP contribution < -0.4 is 0 Å². The summed E-state index contributed by atoms with van der Waals surface area (Å²) < 4.78 is 12.5. The van der Waals surface area contributed by atoms with Crippen LogP contribution in [-0.4, -0.2) is 25.2 Å². The summed E-state index contributed by atoms with van der Waals surface area (Å²) in [6, 6.07) is 0. The quantitative estimate of drug-likeness (QED) is 0.390. The molecule has 0 aromatic heterocycles. The van der Waals surface area contributed by atoms with Crippen LogP contribution >= 0.6 is 0 Å². The van der Waals surface area contributed by atoms with E-state index >= 15 is 0 Å². The number of hydrogen-bond acceptors (Lipinski definition) is 2. The minimum Gasteiger partial charge on any atom is -0.437 e. The van der Waals surface area contributed by atoms with E-state index in [-0.39, 0.29) is 0 Å². The van der Waals surface area contributed by atoms with Crippen LogP contribution in [0.25, 0.3) is 0 Å². The standard InChI is InChI=1S/C35H22O2Si3/c1-9-10-11-12-13-14-15-16-17-18-19-20-21-22-23-24-25-26-27-28-29-30-31-32-33-34-35-39(5,6)37-40(7,8)36-38(2,3)4/h1H,2-8H3. The zero-order valence-corrected chi connectivity index (χ0v) is 26.4. The summed E-state index contributed by atoms with van der Waals surface area (Å²) in [4.78, 5) is 0. The van der Waals surface area contributed by atoms with Gasteiger partial charge in [0.05, 0.1) is 0 Å². The lowest BCUT2D eigenvalue weighted by atomic mass is 10.4. The van der Waals surface area contributed by atoms with Crippen LogP contribution in [0.15, 0.2) is 0 Å². The van der Waals surface area contributed by atoms with E-state index in [4.69, 9.17) is 14.7 Å². The van der Waals surface area contributed by atoms with E-state index in [0.717, 1.165) is 0 Å². The largest absolute Gasteiger partial charge is 0.437 e. The second kappa shape index (κ2) is 20.5. The molecule has 0 bridgehead atoms. The molecule has 0 saturated heterocycles. The Morgan fingerprint density at radius 2 is 0.600 bits per heavy atom. The van der Waals surface area contributed by atoms with Crippen molar-refractivity contribution in [3.05, 3.63) is 0 Å². The summed E-state index contributed by atoms with van der Waals surface area (Å²) >= 11 is 0. The smallest absolute Gasteiger partial charge is 0.311 e. The molecule has 0 unspecified atom stereocenters. The highest BCUT2D eigenvalue weighted by atomic mass is 28.5. The van der Waals surface area contributed by atoms with Crippen LogP contribution in [0.5, 0.6) is 0 Å². The van der Waals surface area contributed by atoms with E-state index in [9.17, 15) is 0 Å². The van der Waals surface area contributed by atoms with Gasteiger partial charge in [-0.25, -0.2) is 0 Å². The second-order valence-electron chi connectivity index (χ2n) is 8.62. The average Bonchev–Trinajstić information content (AvgIpc) is 2.84. The van der Waals surface area contributed by atoms with E-state index in [1.165, 1.54) is 0 Å². The zero-order chi connectivity index (χ0) is 30.0. The third-order valence-corrected chi connectivity index (χ3v) is 12.1. The molecule has 0 aliphatic heterocycles. The van der Waals surface area contributed by atoms with Crippen molar-refractivity contribution in [1.29, 1.82) is 0 Å². The Labute approximate surface area is 244 Å². The number of rotatable bonds is 4. The molecule has 2 nitrogen and oxygen atoms in total. The number of hydrogen-bond donors (Lipinski definition) is 0. The molecule has 0 fully saturated rings. The average molecular weight is 559 g/mol. The lowest BCUT2D eigenvalue weighted by Gasteiger charge is -2.35. The summed E-state index contributed by atoms with van der Waals surface area (Å²) in [6.45, 7) is 14.7. The summed E-state index contributed by atoms with van der Waals surface area (Å²) in [5.74, 6) is 65.5. The fourth-order valence-corrected chi connectivity index (χ4v) is 14.3. The van der Waals surface area contributed by atoms with Crippen molar-refractivity contribution < 1.29 is 8.23 Å². The van der Waals surface area contributed by atoms with E-state index in [1.54, 1.807) is 0 Å². The molecule has 0 N–H and O–H groups in total. The van der Waals surface area contributed by atoms with E-state index in [1.807, 2.05) is 13.1 Å². The first-order chi connectivity index (χ1) is 19.0. The molecular formula is C35H22O2Si3. The molecule has 5 heteroatoms. The molecule has 0 aliphatic rings. The molecule has 0 radical (unpaired) electrons. The maximum absolute atomic E-state index is 6.29.